The van der Waals surface area contributed by atoms with Crippen LogP contribution in [0.15, 0.2) is 42.5 Å². The van der Waals surface area contributed by atoms with Crippen LogP contribution < -0.4 is 5.32 Å². The Balaban J connectivity index is 1.86. The maximum Gasteiger partial charge on any atom is 0.0346 e. The molecule has 0 saturated heterocycles. The molecule has 0 fully saturated rings. The summed E-state index contributed by atoms with van der Waals surface area (Å²) in [4.78, 5) is 2.70. The minimum absolute atomic E-state index is 0.854. The van der Waals surface area contributed by atoms with Gasteiger partial charge in [-0.1, -0.05) is 30.3 Å². The zero-order valence-corrected chi connectivity index (χ0v) is 11.2. The maximum absolute atomic E-state index is 5.21. The molecule has 1 heterocycles. The van der Waals surface area contributed by atoms with Crippen LogP contribution in [0.4, 0.5) is 0 Å². The summed E-state index contributed by atoms with van der Waals surface area (Å²) in [6, 6.07) is 14.9. The topological polar surface area (TPSA) is 12.0 Å². The second-order valence-electron chi connectivity index (χ2n) is 4.12. The monoisotopic (exact) mass is 255 g/mol. The van der Waals surface area contributed by atoms with Gasteiger partial charge in [0.1, 0.15) is 0 Å². The van der Waals surface area contributed by atoms with Gasteiger partial charge in [0.05, 0.1) is 0 Å². The predicted molar refractivity (Wildman–Crippen MR) is 79.5 cm³/mol. The van der Waals surface area contributed by atoms with Crippen molar-refractivity contribution in [2.24, 2.45) is 0 Å². The molecule has 0 unspecified atom stereocenters. The number of thiophene rings is 1. The SMILES string of the molecule is C#CCCCNCc1ccc(-c2ccccc2)s1. The van der Waals surface area contributed by atoms with Crippen LogP contribution in [0, 0.1) is 12.3 Å². The molecule has 0 amide bonds. The summed E-state index contributed by atoms with van der Waals surface area (Å²) in [5.41, 5.74) is 1.29. The van der Waals surface area contributed by atoms with E-state index in [9.17, 15) is 0 Å². The molecule has 0 atom stereocenters. The molecule has 18 heavy (non-hydrogen) atoms. The first-order valence-corrected chi connectivity index (χ1v) is 7.00. The minimum Gasteiger partial charge on any atom is -0.312 e. The second kappa shape index (κ2) is 7.00. The number of hydrogen-bond acceptors (Lipinski definition) is 2. The van der Waals surface area contributed by atoms with Crippen molar-refractivity contribution in [1.82, 2.24) is 5.32 Å². The Hall–Kier alpha value is -1.56. The Morgan fingerprint density at radius 2 is 1.94 bits per heavy atom. The van der Waals surface area contributed by atoms with E-state index in [0.717, 1.165) is 25.9 Å². The molecule has 0 aliphatic heterocycles. The lowest BCUT2D eigenvalue weighted by molar-refractivity contribution is 0.664. The highest BCUT2D eigenvalue weighted by Gasteiger charge is 2.01. The van der Waals surface area contributed by atoms with E-state index >= 15 is 0 Å². The molecule has 0 spiro atoms. The molecule has 0 aliphatic carbocycles. The van der Waals surface area contributed by atoms with Crippen LogP contribution in [-0.4, -0.2) is 6.54 Å². The van der Waals surface area contributed by atoms with E-state index in [1.807, 2.05) is 17.4 Å². The Labute approximate surface area is 113 Å². The summed E-state index contributed by atoms with van der Waals surface area (Å²) in [6.07, 6.45) is 7.12. The lowest BCUT2D eigenvalue weighted by Crippen LogP contribution is -2.13. The van der Waals surface area contributed by atoms with Crippen molar-refractivity contribution < 1.29 is 0 Å². The van der Waals surface area contributed by atoms with Crippen LogP contribution in [0.25, 0.3) is 10.4 Å². The highest BCUT2D eigenvalue weighted by atomic mass is 32.1. The fourth-order valence-corrected chi connectivity index (χ4v) is 2.74. The van der Waals surface area contributed by atoms with Crippen molar-refractivity contribution in [3.8, 4) is 22.8 Å². The molecule has 0 bridgehead atoms. The molecule has 2 aromatic rings. The summed E-state index contributed by atoms with van der Waals surface area (Å²) >= 11 is 1.85. The normalized spacial score (nSPS) is 10.2. The predicted octanol–water partition coefficient (Wildman–Crippen LogP) is 3.92. The van der Waals surface area contributed by atoms with E-state index < -0.39 is 0 Å². The first-order valence-electron chi connectivity index (χ1n) is 6.18. The van der Waals surface area contributed by atoms with E-state index in [2.05, 4.69) is 47.6 Å². The van der Waals surface area contributed by atoms with Crippen LogP contribution in [-0.2, 0) is 6.54 Å². The van der Waals surface area contributed by atoms with Crippen molar-refractivity contribution in [3.05, 3.63) is 47.3 Å². The first kappa shape index (κ1) is 12.9. The zero-order valence-electron chi connectivity index (χ0n) is 10.4. The van der Waals surface area contributed by atoms with Gasteiger partial charge in [-0.05, 0) is 30.7 Å². The Bertz CT molecular complexity index is 507. The van der Waals surface area contributed by atoms with Crippen molar-refractivity contribution >= 4 is 11.3 Å². The van der Waals surface area contributed by atoms with Gasteiger partial charge in [0.25, 0.3) is 0 Å². The molecule has 2 rings (SSSR count). The second-order valence-corrected chi connectivity index (χ2v) is 5.28. The van der Waals surface area contributed by atoms with Crippen molar-refractivity contribution in [2.45, 2.75) is 19.4 Å². The number of nitrogens with one attached hydrogen (secondary N) is 1. The number of rotatable bonds is 6. The summed E-state index contributed by atoms with van der Waals surface area (Å²) in [7, 11) is 0. The summed E-state index contributed by atoms with van der Waals surface area (Å²) < 4.78 is 0. The average molecular weight is 255 g/mol. The standard InChI is InChI=1S/C16H17NS/c1-2-3-7-12-17-13-15-10-11-16(18-15)14-8-5-4-6-9-14/h1,4-6,8-11,17H,3,7,12-13H2. The van der Waals surface area contributed by atoms with Crippen LogP contribution in [0.5, 0.6) is 0 Å². The molecule has 1 nitrogen and oxygen atoms in total. The molecule has 1 N–H and O–H groups in total. The quantitative estimate of drug-likeness (QED) is 0.609. The van der Waals surface area contributed by atoms with Gasteiger partial charge >= 0.3 is 0 Å². The third kappa shape index (κ3) is 3.73. The Morgan fingerprint density at radius 3 is 2.72 bits per heavy atom. The van der Waals surface area contributed by atoms with Crippen LogP contribution in [0.2, 0.25) is 0 Å². The number of benzene rings is 1. The molecule has 1 aromatic carbocycles. The van der Waals surface area contributed by atoms with Gasteiger partial charge in [-0.2, -0.15) is 0 Å². The number of unbranched alkanes of at least 4 members (excludes halogenated alkanes) is 1. The molecule has 92 valence electrons. The number of hydrogen-bond donors (Lipinski definition) is 1. The van der Waals surface area contributed by atoms with E-state index in [-0.39, 0.29) is 0 Å². The molecule has 1 aromatic heterocycles. The fraction of sp³-hybridized carbons (Fsp3) is 0.250. The van der Waals surface area contributed by atoms with Gasteiger partial charge in [-0.15, -0.1) is 23.7 Å². The van der Waals surface area contributed by atoms with Crippen molar-refractivity contribution in [3.63, 3.8) is 0 Å². The van der Waals surface area contributed by atoms with Gasteiger partial charge in [-0.3, -0.25) is 0 Å². The summed E-state index contributed by atoms with van der Waals surface area (Å²) in [5, 5.41) is 3.42. The van der Waals surface area contributed by atoms with E-state index in [4.69, 9.17) is 6.42 Å². The third-order valence-electron chi connectivity index (χ3n) is 2.69. The third-order valence-corrected chi connectivity index (χ3v) is 3.83. The molecule has 0 radical (unpaired) electrons. The highest BCUT2D eigenvalue weighted by molar-refractivity contribution is 7.15. The summed E-state index contributed by atoms with van der Waals surface area (Å²) in [6.45, 7) is 1.92. The van der Waals surface area contributed by atoms with Gasteiger partial charge in [0.15, 0.2) is 0 Å². The lowest BCUT2D eigenvalue weighted by atomic mass is 10.2. The van der Waals surface area contributed by atoms with Crippen LogP contribution >= 0.6 is 11.3 Å². The van der Waals surface area contributed by atoms with Gasteiger partial charge in [-0.25, -0.2) is 0 Å². The smallest absolute Gasteiger partial charge is 0.0346 e. The van der Waals surface area contributed by atoms with Gasteiger partial charge in [0.2, 0.25) is 0 Å². The van der Waals surface area contributed by atoms with E-state index in [1.54, 1.807) is 0 Å². The first-order chi connectivity index (χ1) is 8.90. The minimum atomic E-state index is 0.854. The average Bonchev–Trinajstić information content (AvgIpc) is 2.88. The summed E-state index contributed by atoms with van der Waals surface area (Å²) in [5.74, 6) is 2.65. The number of terminal acetylenes is 1. The Morgan fingerprint density at radius 1 is 1.11 bits per heavy atom. The van der Waals surface area contributed by atoms with Crippen LogP contribution in [0.3, 0.4) is 0 Å². The Kier molecular flexibility index (Phi) is 5.01. The molecule has 0 aliphatic rings. The lowest BCUT2D eigenvalue weighted by Gasteiger charge is -2.00. The largest absolute Gasteiger partial charge is 0.312 e. The molecular weight excluding hydrogens is 238 g/mol. The molecule has 2 heteroatoms. The fourth-order valence-electron chi connectivity index (χ4n) is 1.76. The van der Waals surface area contributed by atoms with Gasteiger partial charge in [0, 0.05) is 22.7 Å². The highest BCUT2D eigenvalue weighted by Crippen LogP contribution is 2.27. The maximum atomic E-state index is 5.21. The van der Waals surface area contributed by atoms with Crippen molar-refractivity contribution in [1.29, 1.82) is 0 Å². The molecular formula is C16H17NS. The van der Waals surface area contributed by atoms with Gasteiger partial charge < -0.3 is 5.32 Å². The molecule has 0 saturated carbocycles. The van der Waals surface area contributed by atoms with Crippen molar-refractivity contribution in [2.75, 3.05) is 6.54 Å². The van der Waals surface area contributed by atoms with E-state index in [1.165, 1.54) is 15.3 Å². The van der Waals surface area contributed by atoms with Crippen LogP contribution in [0.1, 0.15) is 17.7 Å². The zero-order chi connectivity index (χ0) is 12.6. The van der Waals surface area contributed by atoms with E-state index in [0.29, 0.717) is 0 Å².